The molecule has 1 rings (SSSR count). The van der Waals surface area contributed by atoms with E-state index >= 15 is 0 Å². The Balaban J connectivity index is 2.94. The first-order valence-corrected chi connectivity index (χ1v) is 4.44. The number of hydrogen-bond acceptors (Lipinski definition) is 3. The van der Waals surface area contributed by atoms with Crippen molar-refractivity contribution in [2.75, 3.05) is 5.32 Å². The third-order valence-electron chi connectivity index (χ3n) is 1.46. The van der Waals surface area contributed by atoms with Crippen molar-refractivity contribution in [3.63, 3.8) is 0 Å². The Labute approximate surface area is 91.2 Å². The Bertz CT molecular complexity index is 409. The van der Waals surface area contributed by atoms with Gasteiger partial charge in [0.1, 0.15) is 11.6 Å². The number of ether oxygens (including phenoxy) is 1. The third-order valence-corrected chi connectivity index (χ3v) is 1.56. The van der Waals surface area contributed by atoms with E-state index in [9.17, 15) is 9.18 Å². The molecule has 1 aromatic carbocycles. The highest BCUT2D eigenvalue weighted by Crippen LogP contribution is 2.21. The fourth-order valence-corrected chi connectivity index (χ4v) is 1.07. The molecule has 0 aliphatic rings. The number of esters is 1. The largest absolute Gasteiger partial charge is 0.427 e. The van der Waals surface area contributed by atoms with Gasteiger partial charge in [0.05, 0.1) is 5.69 Å². The Morgan fingerprint density at radius 3 is 2.80 bits per heavy atom. The van der Waals surface area contributed by atoms with E-state index in [1.165, 1.54) is 19.1 Å². The highest BCUT2D eigenvalue weighted by atomic mass is 32.1. The van der Waals surface area contributed by atoms with Crippen LogP contribution >= 0.6 is 12.2 Å². The first-order chi connectivity index (χ1) is 6.99. The van der Waals surface area contributed by atoms with Gasteiger partial charge >= 0.3 is 5.97 Å². The summed E-state index contributed by atoms with van der Waals surface area (Å²) in [5, 5.41) is 2.37. The van der Waals surface area contributed by atoms with Crippen molar-refractivity contribution >= 4 is 29.0 Å². The molecule has 0 fully saturated rings. The molecule has 0 aromatic heterocycles. The summed E-state index contributed by atoms with van der Waals surface area (Å²) in [6, 6.07) is 3.79. The molecule has 0 saturated heterocycles. The van der Waals surface area contributed by atoms with Crippen LogP contribution in [0.25, 0.3) is 0 Å². The fraction of sp³-hybridized carbons (Fsp3) is 0.111. The molecule has 0 radical (unpaired) electrons. The summed E-state index contributed by atoms with van der Waals surface area (Å²) < 4.78 is 17.9. The number of anilines is 1. The van der Waals surface area contributed by atoms with E-state index in [4.69, 9.17) is 10.5 Å². The minimum atomic E-state index is -0.529. The fourth-order valence-electron chi connectivity index (χ4n) is 0.962. The van der Waals surface area contributed by atoms with Gasteiger partial charge in [-0.15, -0.1) is 0 Å². The van der Waals surface area contributed by atoms with Gasteiger partial charge in [-0.1, -0.05) is 0 Å². The second-order valence-corrected chi connectivity index (χ2v) is 3.16. The van der Waals surface area contributed by atoms with Gasteiger partial charge in [-0.25, -0.2) is 4.39 Å². The van der Waals surface area contributed by atoms with Crippen molar-refractivity contribution < 1.29 is 13.9 Å². The predicted octanol–water partition coefficient (Wildman–Crippen LogP) is 1.41. The van der Waals surface area contributed by atoms with E-state index in [1.54, 1.807) is 0 Å². The average Bonchev–Trinajstić information content (AvgIpc) is 2.09. The molecule has 6 heteroatoms. The molecular weight excluding hydrogens is 219 g/mol. The second-order valence-electron chi connectivity index (χ2n) is 2.72. The smallest absolute Gasteiger partial charge is 0.308 e. The second kappa shape index (κ2) is 4.70. The van der Waals surface area contributed by atoms with Gasteiger partial charge in [-0.3, -0.25) is 4.79 Å². The lowest BCUT2D eigenvalue weighted by Crippen LogP contribution is -2.19. The summed E-state index contributed by atoms with van der Waals surface area (Å²) in [6.07, 6.45) is 0. The van der Waals surface area contributed by atoms with Crippen molar-refractivity contribution in [2.24, 2.45) is 5.73 Å². The molecule has 0 heterocycles. The van der Waals surface area contributed by atoms with Gasteiger partial charge < -0.3 is 15.8 Å². The van der Waals surface area contributed by atoms with Gasteiger partial charge in [0.25, 0.3) is 0 Å². The lowest BCUT2D eigenvalue weighted by Gasteiger charge is -2.07. The molecule has 80 valence electrons. The van der Waals surface area contributed by atoms with Gasteiger partial charge in [0, 0.05) is 13.0 Å². The highest BCUT2D eigenvalue weighted by Gasteiger charge is 2.06. The molecule has 15 heavy (non-hydrogen) atoms. The van der Waals surface area contributed by atoms with Crippen LogP contribution in [0, 0.1) is 5.82 Å². The SMILES string of the molecule is CC(=O)Oc1ccc(F)c(NC(N)=S)c1. The van der Waals surface area contributed by atoms with Crippen LogP contribution in [0.4, 0.5) is 10.1 Å². The van der Waals surface area contributed by atoms with E-state index in [0.29, 0.717) is 0 Å². The molecule has 3 N–H and O–H groups in total. The first kappa shape index (κ1) is 11.4. The van der Waals surface area contributed by atoms with Crippen LogP contribution in [-0.4, -0.2) is 11.1 Å². The Morgan fingerprint density at radius 2 is 2.27 bits per heavy atom. The van der Waals surface area contributed by atoms with E-state index in [-0.39, 0.29) is 16.5 Å². The molecule has 0 spiro atoms. The van der Waals surface area contributed by atoms with Crippen molar-refractivity contribution in [2.45, 2.75) is 6.92 Å². The molecule has 0 amide bonds. The zero-order chi connectivity index (χ0) is 11.4. The first-order valence-electron chi connectivity index (χ1n) is 4.03. The van der Waals surface area contributed by atoms with Crippen LogP contribution in [0.2, 0.25) is 0 Å². The standard InChI is InChI=1S/C9H9FN2O2S/c1-5(13)14-6-2-3-7(10)8(4-6)12-9(11)15/h2-4H,1H3,(H3,11,12,15). The minimum Gasteiger partial charge on any atom is -0.427 e. The van der Waals surface area contributed by atoms with Crippen LogP contribution in [-0.2, 0) is 4.79 Å². The quantitative estimate of drug-likeness (QED) is 0.455. The molecule has 0 unspecified atom stereocenters. The summed E-state index contributed by atoms with van der Waals surface area (Å²) in [7, 11) is 0. The monoisotopic (exact) mass is 228 g/mol. The summed E-state index contributed by atoms with van der Waals surface area (Å²) in [6.45, 7) is 1.25. The maximum atomic E-state index is 13.1. The molecule has 0 saturated carbocycles. The van der Waals surface area contributed by atoms with Crippen LogP contribution in [0.5, 0.6) is 5.75 Å². The number of carbonyl (C=O) groups is 1. The zero-order valence-corrected chi connectivity index (χ0v) is 8.73. The normalized spacial score (nSPS) is 9.47. The number of benzene rings is 1. The van der Waals surface area contributed by atoms with E-state index in [2.05, 4.69) is 17.5 Å². The lowest BCUT2D eigenvalue weighted by molar-refractivity contribution is -0.131. The van der Waals surface area contributed by atoms with Gasteiger partial charge in [-0.2, -0.15) is 0 Å². The van der Waals surface area contributed by atoms with Gasteiger partial charge in [-0.05, 0) is 24.4 Å². The maximum absolute atomic E-state index is 13.1. The molecule has 0 bridgehead atoms. The van der Waals surface area contributed by atoms with Crippen LogP contribution in [0.3, 0.4) is 0 Å². The average molecular weight is 228 g/mol. The number of thiocarbonyl (C=S) groups is 1. The van der Waals surface area contributed by atoms with Crippen LogP contribution < -0.4 is 15.8 Å². The zero-order valence-electron chi connectivity index (χ0n) is 7.91. The number of carbonyl (C=O) groups excluding carboxylic acids is 1. The van der Waals surface area contributed by atoms with E-state index < -0.39 is 11.8 Å². The predicted molar refractivity (Wildman–Crippen MR) is 58.1 cm³/mol. The lowest BCUT2D eigenvalue weighted by atomic mass is 10.3. The molecule has 0 aliphatic heterocycles. The van der Waals surface area contributed by atoms with Gasteiger partial charge in [0.2, 0.25) is 0 Å². The summed E-state index contributed by atoms with van der Waals surface area (Å²) in [5.74, 6) is -0.788. The van der Waals surface area contributed by atoms with E-state index in [1.807, 2.05) is 0 Å². The van der Waals surface area contributed by atoms with Crippen molar-refractivity contribution in [3.8, 4) is 5.75 Å². The number of nitrogens with two attached hydrogens (primary N) is 1. The van der Waals surface area contributed by atoms with Crippen molar-refractivity contribution in [1.29, 1.82) is 0 Å². The summed E-state index contributed by atoms with van der Waals surface area (Å²) in [5.41, 5.74) is 5.26. The molecule has 1 aromatic rings. The third kappa shape index (κ3) is 3.51. The Morgan fingerprint density at radius 1 is 1.60 bits per heavy atom. The molecule has 0 aliphatic carbocycles. The van der Waals surface area contributed by atoms with Gasteiger partial charge in [0.15, 0.2) is 5.11 Å². The van der Waals surface area contributed by atoms with E-state index in [0.717, 1.165) is 6.07 Å². The van der Waals surface area contributed by atoms with Crippen molar-refractivity contribution in [1.82, 2.24) is 0 Å². The number of nitrogens with one attached hydrogen (secondary N) is 1. The number of hydrogen-bond donors (Lipinski definition) is 2. The van der Waals surface area contributed by atoms with Crippen LogP contribution in [0.15, 0.2) is 18.2 Å². The van der Waals surface area contributed by atoms with Crippen LogP contribution in [0.1, 0.15) is 6.92 Å². The Kier molecular flexibility index (Phi) is 3.56. The number of rotatable bonds is 2. The Hall–Kier alpha value is -1.69. The summed E-state index contributed by atoms with van der Waals surface area (Å²) in [4.78, 5) is 10.6. The highest BCUT2D eigenvalue weighted by molar-refractivity contribution is 7.80. The topological polar surface area (TPSA) is 64.3 Å². The van der Waals surface area contributed by atoms with Crippen molar-refractivity contribution in [3.05, 3.63) is 24.0 Å². The maximum Gasteiger partial charge on any atom is 0.308 e. The summed E-state index contributed by atoms with van der Waals surface area (Å²) >= 11 is 4.56. The molecule has 0 atom stereocenters. The number of halogens is 1. The minimum absolute atomic E-state index is 0.0612. The molecular formula is C9H9FN2O2S. The molecule has 4 nitrogen and oxygen atoms in total.